The molecule has 0 aromatic heterocycles. The van der Waals surface area contributed by atoms with Crippen molar-refractivity contribution in [2.45, 2.75) is 61.9 Å². The van der Waals surface area contributed by atoms with E-state index in [9.17, 15) is 0 Å². The molecule has 0 amide bonds. The highest BCUT2D eigenvalue weighted by molar-refractivity contribution is 14.1. The Labute approximate surface area is 95.8 Å². The maximum Gasteiger partial charge on any atom is 0.0692 e. The van der Waals surface area contributed by atoms with Gasteiger partial charge in [0.15, 0.2) is 0 Å². The van der Waals surface area contributed by atoms with Gasteiger partial charge >= 0.3 is 0 Å². The van der Waals surface area contributed by atoms with Gasteiger partial charge in [-0.1, -0.05) is 48.8 Å². The fourth-order valence-electron chi connectivity index (χ4n) is 1.83. The Kier molecular flexibility index (Phi) is 6.37. The molecule has 1 rings (SSSR count). The van der Waals surface area contributed by atoms with Gasteiger partial charge in [-0.25, -0.2) is 0 Å². The van der Waals surface area contributed by atoms with Crippen LogP contribution in [0, 0.1) is 0 Å². The van der Waals surface area contributed by atoms with Gasteiger partial charge in [-0.15, -0.1) is 0 Å². The minimum atomic E-state index is 0.572. The number of halogens is 1. The molecule has 0 bridgehead atoms. The van der Waals surface area contributed by atoms with Crippen LogP contribution >= 0.6 is 22.6 Å². The van der Waals surface area contributed by atoms with Crippen LogP contribution in [-0.4, -0.2) is 16.6 Å². The summed E-state index contributed by atoms with van der Waals surface area (Å²) in [4.78, 5) is 0. The average molecular weight is 296 g/mol. The van der Waals surface area contributed by atoms with Crippen LogP contribution in [0.15, 0.2) is 0 Å². The first-order chi connectivity index (χ1) is 6.34. The molecule has 2 heteroatoms. The summed E-state index contributed by atoms with van der Waals surface area (Å²) in [5.41, 5.74) is 0. The Hall–Kier alpha value is 0.690. The largest absolute Gasteiger partial charge is 0.377 e. The highest BCUT2D eigenvalue weighted by Crippen LogP contribution is 2.28. The molecule has 1 fully saturated rings. The van der Waals surface area contributed by atoms with Crippen molar-refractivity contribution in [3.05, 3.63) is 0 Å². The van der Waals surface area contributed by atoms with E-state index in [1.807, 2.05) is 0 Å². The first kappa shape index (κ1) is 11.8. The second-order valence-electron chi connectivity index (χ2n) is 3.92. The number of alkyl halides is 1. The van der Waals surface area contributed by atoms with Crippen molar-refractivity contribution in [2.24, 2.45) is 0 Å². The summed E-state index contributed by atoms with van der Waals surface area (Å²) in [7, 11) is 0. The number of hydrogen-bond acceptors (Lipinski definition) is 1. The standard InChI is InChI=1S/C11H21IO/c1-2-3-4-5-9-13-11-8-6-7-10(11)12/h10-11H,2-9H2,1H3. The second kappa shape index (κ2) is 7.04. The van der Waals surface area contributed by atoms with Crippen molar-refractivity contribution in [1.29, 1.82) is 0 Å². The minimum absolute atomic E-state index is 0.572. The van der Waals surface area contributed by atoms with Crippen LogP contribution in [0.5, 0.6) is 0 Å². The van der Waals surface area contributed by atoms with Gasteiger partial charge in [-0.2, -0.15) is 0 Å². The van der Waals surface area contributed by atoms with Gasteiger partial charge < -0.3 is 4.74 Å². The zero-order valence-electron chi connectivity index (χ0n) is 8.60. The van der Waals surface area contributed by atoms with Gasteiger partial charge in [0.2, 0.25) is 0 Å². The molecule has 1 aliphatic rings. The van der Waals surface area contributed by atoms with Crippen LogP contribution in [0.2, 0.25) is 0 Å². The predicted octanol–water partition coefficient (Wildman–Crippen LogP) is 3.94. The zero-order chi connectivity index (χ0) is 9.52. The molecule has 1 nitrogen and oxygen atoms in total. The van der Waals surface area contributed by atoms with Gasteiger partial charge in [0.1, 0.15) is 0 Å². The lowest BCUT2D eigenvalue weighted by Gasteiger charge is -2.14. The number of ether oxygens (including phenoxy) is 1. The summed E-state index contributed by atoms with van der Waals surface area (Å²) in [6.45, 7) is 3.24. The summed E-state index contributed by atoms with van der Waals surface area (Å²) in [5.74, 6) is 0. The minimum Gasteiger partial charge on any atom is -0.377 e. The molecular weight excluding hydrogens is 275 g/mol. The van der Waals surface area contributed by atoms with E-state index in [1.165, 1.54) is 44.9 Å². The first-order valence-electron chi connectivity index (χ1n) is 5.60. The summed E-state index contributed by atoms with van der Waals surface area (Å²) >= 11 is 2.54. The van der Waals surface area contributed by atoms with Crippen LogP contribution in [0.3, 0.4) is 0 Å². The third kappa shape index (κ3) is 4.63. The van der Waals surface area contributed by atoms with E-state index >= 15 is 0 Å². The van der Waals surface area contributed by atoms with E-state index in [0.29, 0.717) is 6.10 Å². The Morgan fingerprint density at radius 3 is 2.69 bits per heavy atom. The second-order valence-corrected chi connectivity index (χ2v) is 5.52. The highest BCUT2D eigenvalue weighted by atomic mass is 127. The third-order valence-electron chi connectivity index (χ3n) is 2.70. The fraction of sp³-hybridized carbons (Fsp3) is 1.00. The molecule has 2 unspecified atom stereocenters. The average Bonchev–Trinajstić information content (AvgIpc) is 2.52. The molecule has 1 aliphatic carbocycles. The zero-order valence-corrected chi connectivity index (χ0v) is 10.8. The number of rotatable bonds is 6. The Bertz CT molecular complexity index is 127. The predicted molar refractivity (Wildman–Crippen MR) is 65.5 cm³/mol. The summed E-state index contributed by atoms with van der Waals surface area (Å²) in [5, 5.41) is 0. The normalized spacial score (nSPS) is 28.2. The maximum absolute atomic E-state index is 5.85. The third-order valence-corrected chi connectivity index (χ3v) is 4.13. The number of unbranched alkanes of at least 4 members (excludes halogenated alkanes) is 3. The van der Waals surface area contributed by atoms with Gasteiger partial charge in [0.05, 0.1) is 6.10 Å². The summed E-state index contributed by atoms with van der Waals surface area (Å²) in [6, 6.07) is 0. The molecule has 1 saturated carbocycles. The molecule has 2 atom stereocenters. The van der Waals surface area contributed by atoms with Crippen LogP contribution in [-0.2, 0) is 4.74 Å². The van der Waals surface area contributed by atoms with Crippen molar-refractivity contribution in [3.63, 3.8) is 0 Å². The molecular formula is C11H21IO. The van der Waals surface area contributed by atoms with E-state index in [0.717, 1.165) is 10.5 Å². The Balaban J connectivity index is 1.93. The van der Waals surface area contributed by atoms with Gasteiger partial charge in [0.25, 0.3) is 0 Å². The van der Waals surface area contributed by atoms with Gasteiger partial charge in [0, 0.05) is 10.5 Å². The van der Waals surface area contributed by atoms with Gasteiger partial charge in [-0.05, 0) is 25.7 Å². The lowest BCUT2D eigenvalue weighted by Crippen LogP contribution is -2.18. The van der Waals surface area contributed by atoms with E-state index in [-0.39, 0.29) is 0 Å². The van der Waals surface area contributed by atoms with Crippen molar-refractivity contribution in [1.82, 2.24) is 0 Å². The molecule has 0 aromatic carbocycles. The van der Waals surface area contributed by atoms with Crippen molar-refractivity contribution in [2.75, 3.05) is 6.61 Å². The molecule has 0 N–H and O–H groups in total. The molecule has 13 heavy (non-hydrogen) atoms. The van der Waals surface area contributed by atoms with Crippen LogP contribution in [0.4, 0.5) is 0 Å². The molecule has 78 valence electrons. The highest BCUT2D eigenvalue weighted by Gasteiger charge is 2.24. The smallest absolute Gasteiger partial charge is 0.0692 e. The molecule has 0 aromatic rings. The fourth-order valence-corrected chi connectivity index (χ4v) is 2.84. The van der Waals surface area contributed by atoms with Crippen LogP contribution < -0.4 is 0 Å². The van der Waals surface area contributed by atoms with E-state index in [4.69, 9.17) is 4.74 Å². The summed E-state index contributed by atoms with van der Waals surface area (Å²) in [6.07, 6.45) is 9.87. The monoisotopic (exact) mass is 296 g/mol. The van der Waals surface area contributed by atoms with Gasteiger partial charge in [-0.3, -0.25) is 0 Å². The van der Waals surface area contributed by atoms with E-state index in [2.05, 4.69) is 29.5 Å². The molecule has 0 saturated heterocycles. The topological polar surface area (TPSA) is 9.23 Å². The van der Waals surface area contributed by atoms with Crippen molar-refractivity contribution < 1.29 is 4.74 Å². The lowest BCUT2D eigenvalue weighted by atomic mass is 10.2. The Morgan fingerprint density at radius 1 is 1.23 bits per heavy atom. The molecule has 0 heterocycles. The van der Waals surface area contributed by atoms with Crippen LogP contribution in [0.1, 0.15) is 51.9 Å². The van der Waals surface area contributed by atoms with E-state index in [1.54, 1.807) is 0 Å². The quantitative estimate of drug-likeness (QED) is 0.410. The maximum atomic E-state index is 5.85. The van der Waals surface area contributed by atoms with Crippen molar-refractivity contribution in [3.8, 4) is 0 Å². The molecule has 0 aliphatic heterocycles. The van der Waals surface area contributed by atoms with E-state index < -0.39 is 0 Å². The SMILES string of the molecule is CCCCCCOC1CCCC1I. The lowest BCUT2D eigenvalue weighted by molar-refractivity contribution is 0.0614. The number of hydrogen-bond donors (Lipinski definition) is 0. The summed E-state index contributed by atoms with van der Waals surface area (Å²) < 4.78 is 6.64. The Morgan fingerprint density at radius 2 is 2.08 bits per heavy atom. The molecule has 0 radical (unpaired) electrons. The van der Waals surface area contributed by atoms with Crippen LogP contribution in [0.25, 0.3) is 0 Å². The molecule has 0 spiro atoms. The first-order valence-corrected chi connectivity index (χ1v) is 6.85. The van der Waals surface area contributed by atoms with Crippen molar-refractivity contribution >= 4 is 22.6 Å².